The number of halogens is 1. The maximum Gasteiger partial charge on any atom is 0.410 e. The van der Waals surface area contributed by atoms with Crippen molar-refractivity contribution in [3.05, 3.63) is 47.5 Å². The van der Waals surface area contributed by atoms with Crippen LogP contribution in [-0.4, -0.2) is 73.4 Å². The minimum absolute atomic E-state index is 0.205. The maximum atomic E-state index is 12.3. The standard InChI is InChI=1S/C28H36ClN5O3/c1-28(2,3)37-27(36)33-14-12-32(13-15-33)17-19-4-6-20(7-5-19)24-18-34(21-8-10-22(35)11-9-21)25-23(24)16-30-26(29)31-25/h4-7,16,18,21-22,35H,8-15,17H2,1-3H3. The first-order chi connectivity index (χ1) is 17.7. The molecular formula is C28H36ClN5O3. The van der Waals surface area contributed by atoms with Gasteiger partial charge in [0, 0.05) is 62.1 Å². The molecule has 0 spiro atoms. The van der Waals surface area contributed by atoms with Gasteiger partial charge in [-0.15, -0.1) is 0 Å². The lowest BCUT2D eigenvalue weighted by atomic mass is 9.93. The number of hydrogen-bond acceptors (Lipinski definition) is 6. The average Bonchev–Trinajstić information content (AvgIpc) is 3.23. The van der Waals surface area contributed by atoms with E-state index in [0.717, 1.165) is 67.5 Å². The first kappa shape index (κ1) is 25.9. The van der Waals surface area contributed by atoms with Gasteiger partial charge in [0.2, 0.25) is 5.28 Å². The Morgan fingerprint density at radius 1 is 1.08 bits per heavy atom. The van der Waals surface area contributed by atoms with Crippen LogP contribution in [0.5, 0.6) is 0 Å². The van der Waals surface area contributed by atoms with E-state index in [1.807, 2.05) is 27.0 Å². The molecule has 1 aliphatic heterocycles. The molecule has 8 nitrogen and oxygen atoms in total. The molecule has 2 aliphatic rings. The summed E-state index contributed by atoms with van der Waals surface area (Å²) in [5, 5.41) is 11.2. The Balaban J connectivity index is 1.27. The largest absolute Gasteiger partial charge is 0.444 e. The van der Waals surface area contributed by atoms with Crippen molar-refractivity contribution in [2.75, 3.05) is 26.2 Å². The molecular weight excluding hydrogens is 490 g/mol. The summed E-state index contributed by atoms with van der Waals surface area (Å²) >= 11 is 6.17. The minimum atomic E-state index is -0.473. The number of nitrogens with zero attached hydrogens (tertiary/aromatic N) is 5. The number of carbonyl (C=O) groups is 1. The van der Waals surface area contributed by atoms with E-state index in [1.54, 1.807) is 4.90 Å². The SMILES string of the molecule is CC(C)(C)OC(=O)N1CCN(Cc2ccc(-c3cn(C4CCC(O)CC4)c4nc(Cl)ncc34)cc2)CC1. The Morgan fingerprint density at radius 3 is 2.41 bits per heavy atom. The predicted octanol–water partition coefficient (Wildman–Crippen LogP) is 5.28. The fourth-order valence-corrected chi connectivity index (χ4v) is 5.45. The zero-order valence-corrected chi connectivity index (χ0v) is 22.6. The lowest BCUT2D eigenvalue weighted by Gasteiger charge is -2.35. The third-order valence-electron chi connectivity index (χ3n) is 7.30. The van der Waals surface area contributed by atoms with Crippen molar-refractivity contribution in [1.29, 1.82) is 0 Å². The number of aromatic nitrogens is 3. The summed E-state index contributed by atoms with van der Waals surface area (Å²) in [4.78, 5) is 25.3. The van der Waals surface area contributed by atoms with Crippen LogP contribution in [0.25, 0.3) is 22.2 Å². The number of carbonyl (C=O) groups excluding carboxylic acids is 1. The second kappa shape index (κ2) is 10.6. The number of amides is 1. The summed E-state index contributed by atoms with van der Waals surface area (Å²) in [5.74, 6) is 0. The molecule has 1 saturated carbocycles. The van der Waals surface area contributed by atoms with Crippen molar-refractivity contribution in [3.8, 4) is 11.1 Å². The smallest absolute Gasteiger partial charge is 0.410 e. The van der Waals surface area contributed by atoms with E-state index in [1.165, 1.54) is 5.56 Å². The van der Waals surface area contributed by atoms with Crippen LogP contribution in [0.1, 0.15) is 58.1 Å². The van der Waals surface area contributed by atoms with Gasteiger partial charge >= 0.3 is 6.09 Å². The molecule has 0 unspecified atom stereocenters. The highest BCUT2D eigenvalue weighted by molar-refractivity contribution is 6.28. The van der Waals surface area contributed by atoms with Gasteiger partial charge in [-0.25, -0.2) is 9.78 Å². The van der Waals surface area contributed by atoms with Gasteiger partial charge in [-0.1, -0.05) is 24.3 Å². The lowest BCUT2D eigenvalue weighted by molar-refractivity contribution is 0.0139. The third kappa shape index (κ3) is 6.08. The summed E-state index contributed by atoms with van der Waals surface area (Å²) in [7, 11) is 0. The Kier molecular flexibility index (Phi) is 7.43. The Bertz CT molecular complexity index is 1240. The van der Waals surface area contributed by atoms with Gasteiger partial charge < -0.3 is 19.3 Å². The second-order valence-electron chi connectivity index (χ2n) is 11.2. The van der Waals surface area contributed by atoms with Crippen LogP contribution in [-0.2, 0) is 11.3 Å². The Hall–Kier alpha value is -2.68. The molecule has 2 aromatic heterocycles. The number of rotatable bonds is 4. The Labute approximate surface area is 223 Å². The van der Waals surface area contributed by atoms with Crippen molar-refractivity contribution >= 4 is 28.7 Å². The average molecular weight is 526 g/mol. The molecule has 1 amide bonds. The van der Waals surface area contributed by atoms with Crippen molar-refractivity contribution < 1.29 is 14.6 Å². The zero-order valence-electron chi connectivity index (χ0n) is 21.9. The molecule has 3 heterocycles. The van der Waals surface area contributed by atoms with Crippen LogP contribution in [0.3, 0.4) is 0 Å². The molecule has 1 N–H and O–H groups in total. The quantitative estimate of drug-likeness (QED) is 0.466. The number of benzene rings is 1. The van der Waals surface area contributed by atoms with Crippen molar-refractivity contribution in [1.82, 2.24) is 24.3 Å². The molecule has 0 atom stereocenters. The van der Waals surface area contributed by atoms with Gasteiger partial charge in [-0.3, -0.25) is 4.90 Å². The molecule has 37 heavy (non-hydrogen) atoms. The van der Waals surface area contributed by atoms with Crippen LogP contribution in [0.15, 0.2) is 36.7 Å². The van der Waals surface area contributed by atoms with E-state index < -0.39 is 5.60 Å². The fourth-order valence-electron chi connectivity index (χ4n) is 5.32. The van der Waals surface area contributed by atoms with Crippen LogP contribution in [0.4, 0.5) is 4.79 Å². The summed E-state index contributed by atoms with van der Waals surface area (Å²) in [6.45, 7) is 9.52. The summed E-state index contributed by atoms with van der Waals surface area (Å²) in [6, 6.07) is 8.96. The van der Waals surface area contributed by atoms with Crippen LogP contribution < -0.4 is 0 Å². The van der Waals surface area contributed by atoms with Crippen LogP contribution >= 0.6 is 11.6 Å². The fraction of sp³-hybridized carbons (Fsp3) is 0.536. The molecule has 1 aliphatic carbocycles. The maximum absolute atomic E-state index is 12.3. The molecule has 0 radical (unpaired) electrons. The molecule has 2 fully saturated rings. The van der Waals surface area contributed by atoms with E-state index in [2.05, 4.69) is 49.9 Å². The summed E-state index contributed by atoms with van der Waals surface area (Å²) < 4.78 is 7.73. The minimum Gasteiger partial charge on any atom is -0.444 e. The highest BCUT2D eigenvalue weighted by atomic mass is 35.5. The molecule has 3 aromatic rings. The third-order valence-corrected chi connectivity index (χ3v) is 7.48. The number of hydrogen-bond donors (Lipinski definition) is 1. The Morgan fingerprint density at radius 2 is 1.76 bits per heavy atom. The zero-order chi connectivity index (χ0) is 26.2. The number of aliphatic hydroxyl groups excluding tert-OH is 1. The molecule has 198 valence electrons. The number of piperazine rings is 1. The van der Waals surface area contributed by atoms with Crippen molar-refractivity contribution in [2.24, 2.45) is 0 Å². The topological polar surface area (TPSA) is 83.7 Å². The number of ether oxygens (including phenoxy) is 1. The van der Waals surface area contributed by atoms with Gasteiger partial charge in [0.25, 0.3) is 0 Å². The summed E-state index contributed by atoms with van der Waals surface area (Å²) in [5.41, 5.74) is 3.82. The van der Waals surface area contributed by atoms with E-state index in [4.69, 9.17) is 16.3 Å². The second-order valence-corrected chi connectivity index (χ2v) is 11.6. The van der Waals surface area contributed by atoms with Crippen LogP contribution in [0, 0.1) is 0 Å². The van der Waals surface area contributed by atoms with E-state index >= 15 is 0 Å². The summed E-state index contributed by atoms with van der Waals surface area (Å²) in [6.07, 6.45) is 7.00. The molecule has 5 rings (SSSR count). The monoisotopic (exact) mass is 525 g/mol. The van der Waals surface area contributed by atoms with Gasteiger partial charge in [0.05, 0.1) is 6.10 Å². The highest BCUT2D eigenvalue weighted by Gasteiger charge is 2.26. The van der Waals surface area contributed by atoms with E-state index in [9.17, 15) is 9.90 Å². The molecule has 1 saturated heterocycles. The first-order valence-corrected chi connectivity index (χ1v) is 13.5. The molecule has 0 bridgehead atoms. The normalized spacial score (nSPS) is 21.4. The van der Waals surface area contributed by atoms with Gasteiger partial charge in [-0.05, 0) is 69.2 Å². The lowest BCUT2D eigenvalue weighted by Crippen LogP contribution is -2.49. The number of aliphatic hydroxyl groups is 1. The predicted molar refractivity (Wildman–Crippen MR) is 145 cm³/mol. The number of fused-ring (bicyclic) bond motifs is 1. The molecule has 1 aromatic carbocycles. The van der Waals surface area contributed by atoms with E-state index in [-0.39, 0.29) is 17.5 Å². The molecule has 9 heteroatoms. The first-order valence-electron chi connectivity index (χ1n) is 13.2. The van der Waals surface area contributed by atoms with Crippen molar-refractivity contribution in [3.63, 3.8) is 0 Å². The van der Waals surface area contributed by atoms with Crippen molar-refractivity contribution in [2.45, 2.75) is 70.7 Å². The van der Waals surface area contributed by atoms with Gasteiger partial charge in [-0.2, -0.15) is 4.98 Å². The van der Waals surface area contributed by atoms with E-state index in [0.29, 0.717) is 19.1 Å². The van der Waals surface area contributed by atoms with Gasteiger partial charge in [0.1, 0.15) is 11.2 Å². The highest BCUT2D eigenvalue weighted by Crippen LogP contribution is 2.36. The van der Waals surface area contributed by atoms with Gasteiger partial charge in [0.15, 0.2) is 0 Å². The van der Waals surface area contributed by atoms with Crippen LogP contribution in [0.2, 0.25) is 5.28 Å².